The zero-order chi connectivity index (χ0) is 64.2. The van der Waals surface area contributed by atoms with E-state index in [-0.39, 0.29) is 114 Å². The van der Waals surface area contributed by atoms with E-state index in [2.05, 4.69) is 52.2 Å². The minimum Gasteiger partial charge on any atom is -0.508 e. The van der Waals surface area contributed by atoms with Crippen LogP contribution in [0.3, 0.4) is 0 Å². The number of phenols is 1. The van der Waals surface area contributed by atoms with Crippen molar-refractivity contribution in [1.82, 2.24) is 42.1 Å². The van der Waals surface area contributed by atoms with Crippen LogP contribution in [0.15, 0.2) is 81.7 Å². The lowest BCUT2D eigenvalue weighted by atomic mass is 10.00. The highest BCUT2D eigenvalue weighted by atomic mass is 16.4. The number of unbranched alkanes of at least 4 members (excludes halogenated alkanes) is 1. The maximum atomic E-state index is 14.7. The maximum absolute atomic E-state index is 14.7. The second kappa shape index (κ2) is 35.9. The van der Waals surface area contributed by atoms with Crippen LogP contribution in [0, 0.1) is 0 Å². The van der Waals surface area contributed by atoms with Crippen molar-refractivity contribution in [2.24, 2.45) is 60.8 Å². The van der Waals surface area contributed by atoms with Crippen LogP contribution in [0.25, 0.3) is 10.8 Å². The fraction of sp³-hybridized carbons (Fsp3) is 0.509. The molecule has 0 bridgehead atoms. The summed E-state index contributed by atoms with van der Waals surface area (Å²) in [6.07, 6.45) is 2.20. The molecule has 1 aliphatic rings. The summed E-state index contributed by atoms with van der Waals surface area (Å²) in [4.78, 5) is 138. The molecule has 30 nitrogen and oxygen atoms in total. The number of nitrogens with zero attached hydrogens (tertiary/aromatic N) is 4. The van der Waals surface area contributed by atoms with Gasteiger partial charge in [-0.05, 0) is 125 Å². The smallest absolute Gasteiger partial charge is 0.326 e. The molecule has 1 fully saturated rings. The topological polar surface area (TPSA) is 527 Å². The zero-order valence-electron chi connectivity index (χ0n) is 49.3. The molecule has 3 aromatic rings. The number of aliphatic imine (C=N–C) groups is 3. The second-order valence-electron chi connectivity index (χ2n) is 21.3. The van der Waals surface area contributed by atoms with Crippen LogP contribution in [0.2, 0.25) is 0 Å². The number of nitrogens with one attached hydrogen (secondary N) is 7. The Balaban J connectivity index is 1.55. The second-order valence-corrected chi connectivity index (χ2v) is 21.3. The van der Waals surface area contributed by atoms with Crippen LogP contribution in [-0.4, -0.2) is 173 Å². The summed E-state index contributed by atoms with van der Waals surface area (Å²) in [6.45, 7) is 3.51. The number of aromatic hydroxyl groups is 1. The molecule has 1 aliphatic heterocycles. The molecule has 0 spiro atoms. The molecule has 9 atom stereocenters. The van der Waals surface area contributed by atoms with Gasteiger partial charge in [0.15, 0.2) is 17.9 Å². The van der Waals surface area contributed by atoms with Gasteiger partial charge in [-0.1, -0.05) is 54.6 Å². The van der Waals surface area contributed by atoms with E-state index in [0.717, 1.165) is 10.8 Å². The van der Waals surface area contributed by atoms with Crippen molar-refractivity contribution in [3.05, 3.63) is 77.9 Å². The minimum absolute atomic E-state index is 0.0238. The van der Waals surface area contributed by atoms with E-state index < -0.39 is 108 Å². The molecule has 1 saturated heterocycles. The first kappa shape index (κ1) is 70.2. The molecule has 87 heavy (non-hydrogen) atoms. The SMILES string of the molecule is C[C@H](NC(=O)[C@H](Cc1ccc2ccccc2c1)NC(=O)[C@H](CCCN=C(N)N)NC(=O)[C@@H](N)CCCN=C(N)N)C(=O)N[C@H](CCCCN)C(=O)N1CCC[C@H]1C(=O)N[C@@H](Cc1ccc(O)cc1)C(=O)N[C@@H](C)C(=O)N[C@@H](CCCN=C(N)N)C(=O)O. The molecule has 0 saturated carbocycles. The Bertz CT molecular complexity index is 2910. The average molecular weight is 1210 g/mol. The van der Waals surface area contributed by atoms with Crippen LogP contribution >= 0.6 is 0 Å². The molecule has 30 heteroatoms. The third kappa shape index (κ3) is 24.3. The van der Waals surface area contributed by atoms with Gasteiger partial charge in [0, 0.05) is 39.0 Å². The lowest BCUT2D eigenvalue weighted by Crippen LogP contribution is -2.60. The number of carbonyl (C=O) groups is 9. The number of rotatable bonds is 36. The highest BCUT2D eigenvalue weighted by molar-refractivity contribution is 5.98. The number of hydrogen-bond donors (Lipinski definition) is 17. The summed E-state index contributed by atoms with van der Waals surface area (Å²) >= 11 is 0. The zero-order valence-corrected chi connectivity index (χ0v) is 49.3. The molecule has 0 aliphatic carbocycles. The highest BCUT2D eigenvalue weighted by Gasteiger charge is 2.40. The van der Waals surface area contributed by atoms with Gasteiger partial charge in [-0.3, -0.25) is 53.3 Å². The summed E-state index contributed by atoms with van der Waals surface area (Å²) < 4.78 is 0. The summed E-state index contributed by atoms with van der Waals surface area (Å²) in [5, 5.41) is 40.1. The molecule has 0 radical (unpaired) electrons. The van der Waals surface area contributed by atoms with Gasteiger partial charge in [0.1, 0.15) is 54.1 Å². The highest BCUT2D eigenvalue weighted by Crippen LogP contribution is 2.22. The Morgan fingerprint density at radius 1 is 0.540 bits per heavy atom. The number of amides is 8. The third-order valence-electron chi connectivity index (χ3n) is 14.2. The van der Waals surface area contributed by atoms with Crippen molar-refractivity contribution in [2.45, 2.75) is 152 Å². The quantitative estimate of drug-likeness (QED) is 0.0152. The number of fused-ring (bicyclic) bond motifs is 1. The summed E-state index contributed by atoms with van der Waals surface area (Å²) in [5.41, 5.74) is 45.7. The van der Waals surface area contributed by atoms with Gasteiger partial charge in [-0.15, -0.1) is 0 Å². The fourth-order valence-electron chi connectivity index (χ4n) is 9.50. The number of aliphatic carboxylic acids is 1. The molecule has 25 N–H and O–H groups in total. The Morgan fingerprint density at radius 3 is 1.57 bits per heavy atom. The number of phenolic OH excluding ortho intramolecular Hbond substituents is 1. The first-order valence-corrected chi connectivity index (χ1v) is 28.9. The number of nitrogens with two attached hydrogens (primary N) is 8. The van der Waals surface area contributed by atoms with Gasteiger partial charge in [0.25, 0.3) is 0 Å². The number of carboxylic acids is 1. The first-order valence-electron chi connectivity index (χ1n) is 28.9. The van der Waals surface area contributed by atoms with Crippen molar-refractivity contribution >= 4 is 81.9 Å². The Labute approximate surface area is 504 Å². The maximum Gasteiger partial charge on any atom is 0.326 e. The molecule has 1 heterocycles. The fourth-order valence-corrected chi connectivity index (χ4v) is 9.50. The van der Waals surface area contributed by atoms with Crippen LogP contribution in [0.5, 0.6) is 5.75 Å². The van der Waals surface area contributed by atoms with Gasteiger partial charge >= 0.3 is 5.97 Å². The summed E-state index contributed by atoms with van der Waals surface area (Å²) in [6, 6.07) is 7.53. The van der Waals surface area contributed by atoms with Crippen LogP contribution in [0.4, 0.5) is 0 Å². The number of carboxylic acid groups (broad SMARTS) is 1. The third-order valence-corrected chi connectivity index (χ3v) is 14.2. The molecule has 3 aromatic carbocycles. The lowest BCUT2D eigenvalue weighted by molar-refractivity contribution is -0.143. The van der Waals surface area contributed by atoms with Crippen molar-refractivity contribution in [3.8, 4) is 5.75 Å². The van der Waals surface area contributed by atoms with Crippen molar-refractivity contribution in [1.29, 1.82) is 0 Å². The predicted molar refractivity (Wildman–Crippen MR) is 327 cm³/mol. The van der Waals surface area contributed by atoms with Gasteiger partial charge in [-0.2, -0.15) is 0 Å². The molecular formula is C57H87N19O11. The van der Waals surface area contributed by atoms with Gasteiger partial charge in [0.2, 0.25) is 47.3 Å². The summed E-state index contributed by atoms with van der Waals surface area (Å²) in [5.74, 6) is -7.87. The van der Waals surface area contributed by atoms with Crippen molar-refractivity contribution in [3.63, 3.8) is 0 Å². The van der Waals surface area contributed by atoms with E-state index in [1.165, 1.54) is 43.0 Å². The number of benzene rings is 3. The molecule has 0 aromatic heterocycles. The van der Waals surface area contributed by atoms with Crippen LogP contribution < -0.4 is 83.1 Å². The molecular weight excluding hydrogens is 1130 g/mol. The summed E-state index contributed by atoms with van der Waals surface area (Å²) in [7, 11) is 0. The Hall–Kier alpha value is -9.32. The van der Waals surface area contributed by atoms with E-state index in [1.807, 2.05) is 36.4 Å². The van der Waals surface area contributed by atoms with Crippen LogP contribution in [-0.2, 0) is 56.0 Å². The monoisotopic (exact) mass is 1210 g/mol. The molecule has 0 unspecified atom stereocenters. The van der Waals surface area contributed by atoms with E-state index in [0.29, 0.717) is 36.8 Å². The van der Waals surface area contributed by atoms with Gasteiger partial charge in [-0.25, -0.2) is 4.79 Å². The number of hydrogen-bond acceptors (Lipinski definition) is 15. The van der Waals surface area contributed by atoms with Gasteiger partial charge in [0.05, 0.1) is 6.04 Å². The molecule has 476 valence electrons. The Morgan fingerprint density at radius 2 is 1.01 bits per heavy atom. The largest absolute Gasteiger partial charge is 0.508 e. The van der Waals surface area contributed by atoms with E-state index in [4.69, 9.17) is 45.9 Å². The Kier molecular flexibility index (Phi) is 28.9. The van der Waals surface area contributed by atoms with Crippen LogP contribution in [0.1, 0.15) is 95.6 Å². The lowest BCUT2D eigenvalue weighted by Gasteiger charge is -2.31. The van der Waals surface area contributed by atoms with E-state index in [1.54, 1.807) is 6.07 Å². The first-order chi connectivity index (χ1) is 41.4. The molecule has 4 rings (SSSR count). The molecule has 8 amide bonds. The minimum atomic E-state index is -1.36. The number of guanidine groups is 3. The average Bonchev–Trinajstić information content (AvgIpc) is 4.21. The van der Waals surface area contributed by atoms with Crippen molar-refractivity contribution < 1.29 is 53.4 Å². The van der Waals surface area contributed by atoms with E-state index in [9.17, 15) is 53.4 Å². The normalized spacial score (nSPS) is 15.5. The van der Waals surface area contributed by atoms with E-state index >= 15 is 0 Å². The standard InChI is InChI=1S/C57H87N19O11/c1-32(69-51(83)44(31-35-18-21-36-11-3-4-12-37(36)29-35)74-49(81)40(15-8-26-67-56(62)63)71-48(80)39(59)13-7-25-66-55(60)61)46(78)72-41(14-5-6-24-58)53(85)76-28-10-17-45(76)52(84)75-43(30-34-19-22-38(77)23-20-34)50(82)70-33(2)47(79)73-42(54(86)87)16-9-27-68-57(64)65/h3-4,11-12,18-23,29,32-33,39-45,77H,5-10,13-17,24-28,30-31,58-59H2,1-2H3,(H,69,83)(H,70,82)(H,71,80)(H,72,78)(H,73,79)(H,74,81)(H,75,84)(H,86,87)(H4,60,61,66)(H4,62,63,67)(H4,64,65,68)/t32-,33-,39-,40-,41+,42-,43-,44-,45-/m0/s1. The predicted octanol–water partition coefficient (Wildman–Crippen LogP) is -3.54. The van der Waals surface area contributed by atoms with Gasteiger partial charge < -0.3 is 98.2 Å². The number of carbonyl (C=O) groups excluding carboxylic acids is 8. The number of likely N-dealkylation sites (tertiary alicyclic amines) is 1. The van der Waals surface area contributed by atoms with Crippen molar-refractivity contribution in [2.75, 3.05) is 32.7 Å².